The van der Waals surface area contributed by atoms with Crippen molar-refractivity contribution in [3.05, 3.63) is 0 Å². The van der Waals surface area contributed by atoms with Crippen molar-refractivity contribution in [2.75, 3.05) is 19.6 Å². The summed E-state index contributed by atoms with van der Waals surface area (Å²) in [6, 6.07) is 2.52. The third-order valence-corrected chi connectivity index (χ3v) is 2.07. The summed E-state index contributed by atoms with van der Waals surface area (Å²) in [4.78, 5) is 2.34. The maximum absolute atomic E-state index is 8.30. The lowest BCUT2D eigenvalue weighted by molar-refractivity contribution is 0.331. The maximum atomic E-state index is 8.30. The van der Waals surface area contributed by atoms with Crippen LogP contribution in [0, 0.1) is 11.3 Å². The zero-order valence-corrected chi connectivity index (χ0v) is 6.79. The van der Waals surface area contributed by atoms with Crippen LogP contribution in [-0.4, -0.2) is 30.6 Å². The molecule has 0 spiro atoms. The highest BCUT2D eigenvalue weighted by molar-refractivity contribution is 4.78. The normalized spacial score (nSPS) is 25.3. The van der Waals surface area contributed by atoms with Gasteiger partial charge in [-0.3, -0.25) is 0 Å². The Morgan fingerprint density at radius 2 is 2.45 bits per heavy atom. The molecule has 0 aliphatic carbocycles. The minimum absolute atomic E-state index is 0.372. The highest BCUT2D eigenvalue weighted by atomic mass is 15.2. The van der Waals surface area contributed by atoms with Crippen molar-refractivity contribution in [2.45, 2.75) is 25.3 Å². The fraction of sp³-hybridized carbons (Fsp3) is 0.875. The molecular formula is C8H15N3. The summed E-state index contributed by atoms with van der Waals surface area (Å²) in [5.74, 6) is 0. The van der Waals surface area contributed by atoms with Gasteiger partial charge in [0.05, 0.1) is 6.07 Å². The summed E-state index contributed by atoms with van der Waals surface area (Å²) in [5.41, 5.74) is 5.72. The smallest absolute Gasteiger partial charge is 0.0622 e. The van der Waals surface area contributed by atoms with E-state index in [1.807, 2.05) is 0 Å². The lowest BCUT2D eigenvalue weighted by atomic mass is 10.3. The molecule has 62 valence electrons. The second-order valence-corrected chi connectivity index (χ2v) is 3.11. The van der Waals surface area contributed by atoms with E-state index in [0.29, 0.717) is 12.5 Å². The van der Waals surface area contributed by atoms with Crippen LogP contribution >= 0.6 is 0 Å². The number of hydrogen-bond donors (Lipinski definition) is 1. The standard InChI is InChI=1S/C8H15N3/c9-4-1-2-5-11-6-3-8(10)7-11/h8H,1-3,5-7,10H2/t8-/m1/s1. The fourth-order valence-corrected chi connectivity index (χ4v) is 1.45. The third kappa shape index (κ3) is 2.87. The average molecular weight is 153 g/mol. The Morgan fingerprint density at radius 1 is 1.64 bits per heavy atom. The first kappa shape index (κ1) is 8.51. The third-order valence-electron chi connectivity index (χ3n) is 2.07. The Bertz CT molecular complexity index is 150. The SMILES string of the molecule is N#CCCCN1CC[C@@H](N)C1. The number of unbranched alkanes of at least 4 members (excludes halogenated alkanes) is 1. The van der Waals surface area contributed by atoms with E-state index in [2.05, 4.69) is 11.0 Å². The molecule has 1 atom stereocenters. The molecule has 11 heavy (non-hydrogen) atoms. The van der Waals surface area contributed by atoms with Crippen molar-refractivity contribution in [1.29, 1.82) is 5.26 Å². The first-order chi connectivity index (χ1) is 5.33. The van der Waals surface area contributed by atoms with E-state index in [9.17, 15) is 0 Å². The van der Waals surface area contributed by atoms with E-state index >= 15 is 0 Å². The predicted octanol–water partition coefficient (Wildman–Crippen LogP) is 0.323. The van der Waals surface area contributed by atoms with E-state index in [4.69, 9.17) is 11.0 Å². The molecule has 0 amide bonds. The minimum Gasteiger partial charge on any atom is -0.326 e. The number of likely N-dealkylation sites (tertiary alicyclic amines) is 1. The van der Waals surface area contributed by atoms with Crippen LogP contribution in [-0.2, 0) is 0 Å². The largest absolute Gasteiger partial charge is 0.326 e. The summed E-state index contributed by atoms with van der Waals surface area (Å²) in [5, 5.41) is 8.30. The van der Waals surface area contributed by atoms with E-state index in [-0.39, 0.29) is 0 Å². The van der Waals surface area contributed by atoms with Crippen molar-refractivity contribution >= 4 is 0 Å². The van der Waals surface area contributed by atoms with Crippen LogP contribution in [0.25, 0.3) is 0 Å². The van der Waals surface area contributed by atoms with Crippen molar-refractivity contribution in [2.24, 2.45) is 5.73 Å². The number of nitrogens with zero attached hydrogens (tertiary/aromatic N) is 2. The van der Waals surface area contributed by atoms with Crippen molar-refractivity contribution in [1.82, 2.24) is 4.90 Å². The molecule has 1 heterocycles. The maximum Gasteiger partial charge on any atom is 0.0622 e. The Morgan fingerprint density at radius 3 is 3.00 bits per heavy atom. The predicted molar refractivity (Wildman–Crippen MR) is 43.9 cm³/mol. The van der Waals surface area contributed by atoms with Gasteiger partial charge in [-0.1, -0.05) is 0 Å². The van der Waals surface area contributed by atoms with Crippen LogP contribution < -0.4 is 5.73 Å². The molecular weight excluding hydrogens is 138 g/mol. The van der Waals surface area contributed by atoms with Crippen LogP contribution in [0.1, 0.15) is 19.3 Å². The van der Waals surface area contributed by atoms with Gasteiger partial charge in [0.15, 0.2) is 0 Å². The molecule has 1 fully saturated rings. The molecule has 1 aliphatic heterocycles. The van der Waals surface area contributed by atoms with Crippen LogP contribution in [0.3, 0.4) is 0 Å². The van der Waals surface area contributed by atoms with Crippen LogP contribution in [0.4, 0.5) is 0 Å². The van der Waals surface area contributed by atoms with Crippen LogP contribution in [0.5, 0.6) is 0 Å². The molecule has 0 saturated carbocycles. The van der Waals surface area contributed by atoms with Gasteiger partial charge >= 0.3 is 0 Å². The van der Waals surface area contributed by atoms with Crippen molar-refractivity contribution < 1.29 is 0 Å². The molecule has 1 saturated heterocycles. The van der Waals surface area contributed by atoms with E-state index in [1.54, 1.807) is 0 Å². The monoisotopic (exact) mass is 153 g/mol. The Balaban J connectivity index is 2.05. The highest BCUT2D eigenvalue weighted by Crippen LogP contribution is 2.07. The van der Waals surface area contributed by atoms with Gasteiger partial charge in [0.2, 0.25) is 0 Å². The van der Waals surface area contributed by atoms with E-state index < -0.39 is 0 Å². The summed E-state index contributed by atoms with van der Waals surface area (Å²) in [7, 11) is 0. The van der Waals surface area contributed by atoms with Gasteiger partial charge in [-0.05, 0) is 25.9 Å². The molecule has 0 bridgehead atoms. The lowest BCUT2D eigenvalue weighted by Gasteiger charge is -2.12. The molecule has 1 aliphatic rings. The van der Waals surface area contributed by atoms with E-state index in [1.165, 1.54) is 0 Å². The van der Waals surface area contributed by atoms with Crippen molar-refractivity contribution in [3.63, 3.8) is 0 Å². The topological polar surface area (TPSA) is 53.0 Å². The fourth-order valence-electron chi connectivity index (χ4n) is 1.45. The zero-order valence-electron chi connectivity index (χ0n) is 6.79. The summed E-state index contributed by atoms with van der Waals surface area (Å²) in [6.07, 6.45) is 2.78. The Hall–Kier alpha value is -0.590. The Kier molecular flexibility index (Phi) is 3.34. The van der Waals surface area contributed by atoms with Gasteiger partial charge in [0.25, 0.3) is 0 Å². The number of nitriles is 1. The molecule has 0 aromatic rings. The summed E-state index contributed by atoms with van der Waals surface area (Å²) < 4.78 is 0. The number of nitrogens with two attached hydrogens (primary N) is 1. The van der Waals surface area contributed by atoms with Gasteiger partial charge in [-0.25, -0.2) is 0 Å². The number of rotatable bonds is 3. The van der Waals surface area contributed by atoms with Crippen LogP contribution in [0.15, 0.2) is 0 Å². The van der Waals surface area contributed by atoms with Gasteiger partial charge < -0.3 is 10.6 Å². The molecule has 3 heteroatoms. The zero-order chi connectivity index (χ0) is 8.10. The van der Waals surface area contributed by atoms with Gasteiger partial charge in [0.1, 0.15) is 0 Å². The second-order valence-electron chi connectivity index (χ2n) is 3.11. The minimum atomic E-state index is 0.372. The van der Waals surface area contributed by atoms with Gasteiger partial charge in [-0.15, -0.1) is 0 Å². The molecule has 0 radical (unpaired) electrons. The molecule has 0 aromatic carbocycles. The highest BCUT2D eigenvalue weighted by Gasteiger charge is 2.17. The molecule has 0 aromatic heterocycles. The van der Waals surface area contributed by atoms with Crippen molar-refractivity contribution in [3.8, 4) is 6.07 Å². The molecule has 0 unspecified atom stereocenters. The van der Waals surface area contributed by atoms with Gasteiger partial charge in [0, 0.05) is 19.0 Å². The Labute approximate surface area is 67.8 Å². The first-order valence-corrected chi connectivity index (χ1v) is 4.18. The average Bonchev–Trinajstić information content (AvgIpc) is 2.37. The van der Waals surface area contributed by atoms with Gasteiger partial charge in [-0.2, -0.15) is 5.26 Å². The lowest BCUT2D eigenvalue weighted by Crippen LogP contribution is -2.27. The summed E-state index contributed by atoms with van der Waals surface area (Å²) >= 11 is 0. The second kappa shape index (κ2) is 4.32. The number of hydrogen-bond acceptors (Lipinski definition) is 3. The van der Waals surface area contributed by atoms with E-state index in [0.717, 1.165) is 32.5 Å². The molecule has 3 nitrogen and oxygen atoms in total. The molecule has 1 rings (SSSR count). The summed E-state index contributed by atoms with van der Waals surface area (Å²) in [6.45, 7) is 3.18. The quantitative estimate of drug-likeness (QED) is 0.594. The van der Waals surface area contributed by atoms with Crippen LogP contribution in [0.2, 0.25) is 0 Å². The molecule has 2 N–H and O–H groups in total. The first-order valence-electron chi connectivity index (χ1n) is 4.18.